The molecule has 1 aliphatic heterocycles. The molecular weight excluding hydrogens is 336 g/mol. The summed E-state index contributed by atoms with van der Waals surface area (Å²) in [6.45, 7) is 8.44. The van der Waals surface area contributed by atoms with Gasteiger partial charge in [-0.25, -0.2) is 8.42 Å². The molecule has 0 aliphatic carbocycles. The number of ether oxygens (including phenoxy) is 1. The topological polar surface area (TPSA) is 58.6 Å². The molecule has 2 aromatic rings. The molecule has 0 amide bonds. The Bertz CT molecular complexity index is 849. The second kappa shape index (κ2) is 7.06. The van der Waals surface area contributed by atoms with Gasteiger partial charge in [-0.3, -0.25) is 4.72 Å². The van der Waals surface area contributed by atoms with Gasteiger partial charge >= 0.3 is 0 Å². The van der Waals surface area contributed by atoms with Gasteiger partial charge in [-0.15, -0.1) is 0 Å². The van der Waals surface area contributed by atoms with Gasteiger partial charge in [-0.05, 0) is 44.0 Å². The van der Waals surface area contributed by atoms with Crippen LogP contribution in [0.15, 0.2) is 41.3 Å². The van der Waals surface area contributed by atoms with Crippen molar-refractivity contribution in [2.24, 2.45) is 0 Å². The van der Waals surface area contributed by atoms with Crippen LogP contribution in [0.5, 0.6) is 0 Å². The molecule has 1 heterocycles. The van der Waals surface area contributed by atoms with Crippen LogP contribution in [0.1, 0.15) is 16.7 Å². The predicted octanol–water partition coefficient (Wildman–Crippen LogP) is 3.25. The second-order valence-corrected chi connectivity index (χ2v) is 8.07. The van der Waals surface area contributed by atoms with Gasteiger partial charge in [0.05, 0.1) is 29.5 Å². The van der Waals surface area contributed by atoms with Gasteiger partial charge in [0.15, 0.2) is 0 Å². The normalized spacial score (nSPS) is 15.2. The zero-order chi connectivity index (χ0) is 18.0. The van der Waals surface area contributed by atoms with Crippen LogP contribution in [0, 0.1) is 20.8 Å². The number of aryl methyl sites for hydroxylation is 3. The first kappa shape index (κ1) is 17.8. The van der Waals surface area contributed by atoms with E-state index in [-0.39, 0.29) is 0 Å². The lowest BCUT2D eigenvalue weighted by molar-refractivity contribution is 0.123. The predicted molar refractivity (Wildman–Crippen MR) is 101 cm³/mol. The largest absolute Gasteiger partial charge is 0.378 e. The summed E-state index contributed by atoms with van der Waals surface area (Å²) in [6.07, 6.45) is 0. The number of nitrogens with one attached hydrogen (secondary N) is 1. The second-order valence-electron chi connectivity index (χ2n) is 6.45. The van der Waals surface area contributed by atoms with Crippen molar-refractivity contribution in [3.8, 4) is 0 Å². The summed E-state index contributed by atoms with van der Waals surface area (Å²) in [5.74, 6) is 0. The molecule has 2 aromatic carbocycles. The standard InChI is InChI=1S/C19H24N2O3S/c1-14-12-15(2)19(16(3)13-14)25(22,23)20-17-6-4-5-7-18(17)21-8-10-24-11-9-21/h4-7,12-13,20H,8-11H2,1-3H3. The minimum absolute atomic E-state index is 0.356. The van der Waals surface area contributed by atoms with Gasteiger partial charge in [-0.2, -0.15) is 0 Å². The van der Waals surface area contributed by atoms with Gasteiger partial charge in [-0.1, -0.05) is 29.8 Å². The Morgan fingerprint density at radius 2 is 1.60 bits per heavy atom. The lowest BCUT2D eigenvalue weighted by Gasteiger charge is -2.30. The van der Waals surface area contributed by atoms with E-state index in [1.807, 2.05) is 51.1 Å². The SMILES string of the molecule is Cc1cc(C)c(S(=O)(=O)Nc2ccccc2N2CCOCC2)c(C)c1. The number of morpholine rings is 1. The molecule has 1 fully saturated rings. The zero-order valence-corrected chi connectivity index (χ0v) is 15.7. The number of benzene rings is 2. The third-order valence-electron chi connectivity index (χ3n) is 4.37. The van der Waals surface area contributed by atoms with Crippen LogP contribution in [0.4, 0.5) is 11.4 Å². The molecule has 134 valence electrons. The summed E-state index contributed by atoms with van der Waals surface area (Å²) >= 11 is 0. The summed E-state index contributed by atoms with van der Waals surface area (Å²) < 4.78 is 34.3. The van der Waals surface area contributed by atoms with E-state index in [1.54, 1.807) is 6.07 Å². The first-order valence-corrected chi connectivity index (χ1v) is 9.89. The van der Waals surface area contributed by atoms with Crippen molar-refractivity contribution in [1.29, 1.82) is 0 Å². The minimum atomic E-state index is -3.66. The van der Waals surface area contributed by atoms with E-state index in [0.29, 0.717) is 23.8 Å². The van der Waals surface area contributed by atoms with Crippen molar-refractivity contribution in [3.05, 3.63) is 53.1 Å². The monoisotopic (exact) mass is 360 g/mol. The third kappa shape index (κ3) is 3.80. The molecule has 1 saturated heterocycles. The quantitative estimate of drug-likeness (QED) is 0.909. The molecule has 0 saturated carbocycles. The molecule has 1 aliphatic rings. The fourth-order valence-corrected chi connectivity index (χ4v) is 4.96. The van der Waals surface area contributed by atoms with Crippen molar-refractivity contribution in [2.75, 3.05) is 35.9 Å². The van der Waals surface area contributed by atoms with E-state index in [1.165, 1.54) is 0 Å². The van der Waals surface area contributed by atoms with Crippen LogP contribution in [0.2, 0.25) is 0 Å². The first-order valence-electron chi connectivity index (χ1n) is 8.41. The van der Waals surface area contributed by atoms with Crippen LogP contribution in [0.3, 0.4) is 0 Å². The number of hydrogen-bond acceptors (Lipinski definition) is 4. The van der Waals surface area contributed by atoms with Crippen LogP contribution >= 0.6 is 0 Å². The molecule has 0 atom stereocenters. The van der Waals surface area contributed by atoms with Crippen LogP contribution in [0.25, 0.3) is 0 Å². The lowest BCUT2D eigenvalue weighted by Crippen LogP contribution is -2.36. The molecule has 0 spiro atoms. The van der Waals surface area contributed by atoms with E-state index in [2.05, 4.69) is 9.62 Å². The fraction of sp³-hybridized carbons (Fsp3) is 0.368. The lowest BCUT2D eigenvalue weighted by atomic mass is 10.1. The number of anilines is 2. The molecule has 25 heavy (non-hydrogen) atoms. The summed E-state index contributed by atoms with van der Waals surface area (Å²) in [5.41, 5.74) is 4.06. The number of rotatable bonds is 4. The van der Waals surface area contributed by atoms with Crippen molar-refractivity contribution >= 4 is 21.4 Å². The van der Waals surface area contributed by atoms with Crippen LogP contribution in [-0.2, 0) is 14.8 Å². The Morgan fingerprint density at radius 1 is 1.00 bits per heavy atom. The van der Waals surface area contributed by atoms with Crippen LogP contribution in [-0.4, -0.2) is 34.7 Å². The maximum atomic E-state index is 13.0. The third-order valence-corrected chi connectivity index (χ3v) is 6.04. The molecule has 0 bridgehead atoms. The van der Waals surface area contributed by atoms with Crippen molar-refractivity contribution in [3.63, 3.8) is 0 Å². The minimum Gasteiger partial charge on any atom is -0.378 e. The van der Waals surface area contributed by atoms with Crippen molar-refractivity contribution < 1.29 is 13.2 Å². The molecule has 0 radical (unpaired) electrons. The highest BCUT2D eigenvalue weighted by Gasteiger charge is 2.22. The Hall–Kier alpha value is -2.05. The Balaban J connectivity index is 1.97. The van der Waals surface area contributed by atoms with Crippen molar-refractivity contribution in [2.45, 2.75) is 25.7 Å². The highest BCUT2D eigenvalue weighted by atomic mass is 32.2. The summed E-state index contributed by atoms with van der Waals surface area (Å²) in [4.78, 5) is 2.51. The van der Waals surface area contributed by atoms with Crippen molar-refractivity contribution in [1.82, 2.24) is 0 Å². The zero-order valence-electron chi connectivity index (χ0n) is 14.9. The summed E-state index contributed by atoms with van der Waals surface area (Å²) in [6, 6.07) is 11.3. The van der Waals surface area contributed by atoms with E-state index in [4.69, 9.17) is 4.74 Å². The molecule has 5 nitrogen and oxygen atoms in total. The highest BCUT2D eigenvalue weighted by molar-refractivity contribution is 7.92. The van der Waals surface area contributed by atoms with E-state index in [0.717, 1.165) is 35.5 Å². The first-order chi connectivity index (χ1) is 11.9. The number of sulfonamides is 1. The van der Waals surface area contributed by atoms with Gasteiger partial charge in [0, 0.05) is 13.1 Å². The Kier molecular flexibility index (Phi) is 5.01. The van der Waals surface area contributed by atoms with Gasteiger partial charge < -0.3 is 9.64 Å². The summed E-state index contributed by atoms with van der Waals surface area (Å²) in [7, 11) is -3.66. The smallest absolute Gasteiger partial charge is 0.262 e. The number of nitrogens with zero attached hydrogens (tertiary/aromatic N) is 1. The molecule has 3 rings (SSSR count). The average molecular weight is 360 g/mol. The number of para-hydroxylation sites is 2. The number of hydrogen-bond donors (Lipinski definition) is 1. The fourth-order valence-electron chi connectivity index (χ4n) is 3.43. The molecule has 0 unspecified atom stereocenters. The molecule has 6 heteroatoms. The summed E-state index contributed by atoms with van der Waals surface area (Å²) in [5, 5.41) is 0. The molecular formula is C19H24N2O3S. The van der Waals surface area contributed by atoms with E-state index in [9.17, 15) is 8.42 Å². The Morgan fingerprint density at radius 3 is 2.24 bits per heavy atom. The van der Waals surface area contributed by atoms with E-state index < -0.39 is 10.0 Å². The van der Waals surface area contributed by atoms with Gasteiger partial charge in [0.25, 0.3) is 10.0 Å². The maximum Gasteiger partial charge on any atom is 0.262 e. The van der Waals surface area contributed by atoms with E-state index >= 15 is 0 Å². The Labute approximate surface area is 149 Å². The maximum absolute atomic E-state index is 13.0. The highest BCUT2D eigenvalue weighted by Crippen LogP contribution is 2.30. The van der Waals surface area contributed by atoms with Gasteiger partial charge in [0.1, 0.15) is 0 Å². The average Bonchev–Trinajstić information content (AvgIpc) is 2.54. The molecule has 0 aromatic heterocycles. The van der Waals surface area contributed by atoms with Gasteiger partial charge in [0.2, 0.25) is 0 Å². The molecule has 1 N–H and O–H groups in total. The van der Waals surface area contributed by atoms with Crippen LogP contribution < -0.4 is 9.62 Å².